The van der Waals surface area contributed by atoms with Gasteiger partial charge in [-0.25, -0.2) is 13.2 Å². The van der Waals surface area contributed by atoms with Crippen LogP contribution in [-0.4, -0.2) is 31.4 Å². The Labute approximate surface area is 136 Å². The molecule has 2 N–H and O–H groups in total. The number of carbonyl (C=O) groups excluding carboxylic acids is 1. The zero-order chi connectivity index (χ0) is 17.5. The van der Waals surface area contributed by atoms with Crippen LogP contribution in [0.1, 0.15) is 10.4 Å². The average Bonchev–Trinajstić information content (AvgIpc) is 2.93. The summed E-state index contributed by atoms with van der Waals surface area (Å²) in [4.78, 5) is 27.4. The highest BCUT2D eigenvalue weighted by Gasteiger charge is 2.24. The van der Waals surface area contributed by atoms with Gasteiger partial charge in [0.05, 0.1) is 27.6 Å². The van der Waals surface area contributed by atoms with Crippen molar-refractivity contribution in [2.24, 2.45) is 0 Å². The zero-order valence-corrected chi connectivity index (χ0v) is 13.3. The Balaban J connectivity index is 2.12. The van der Waals surface area contributed by atoms with E-state index in [0.717, 1.165) is 4.31 Å². The van der Waals surface area contributed by atoms with E-state index < -0.39 is 21.7 Å². The Hall–Kier alpha value is -3.07. The summed E-state index contributed by atoms with van der Waals surface area (Å²) in [5.41, 5.74) is 0.106. The van der Waals surface area contributed by atoms with Crippen molar-refractivity contribution in [2.75, 3.05) is 11.4 Å². The molecule has 0 aliphatic heterocycles. The number of carboxylic acid groups (broad SMARTS) is 1. The van der Waals surface area contributed by atoms with Crippen LogP contribution in [-0.2, 0) is 10.0 Å². The van der Waals surface area contributed by atoms with Crippen molar-refractivity contribution < 1.29 is 18.3 Å². The highest BCUT2D eigenvalue weighted by molar-refractivity contribution is 7.92. The Morgan fingerprint density at radius 1 is 1.08 bits per heavy atom. The van der Waals surface area contributed by atoms with E-state index in [4.69, 9.17) is 0 Å². The molecule has 0 bridgehead atoms. The number of fused-ring (bicyclic) bond motifs is 1. The van der Waals surface area contributed by atoms with Crippen LogP contribution in [0.2, 0.25) is 0 Å². The zero-order valence-electron chi connectivity index (χ0n) is 12.4. The fraction of sp³-hybridized carbons (Fsp3) is 0.0667. The number of nitrogens with zero attached hydrogens (tertiary/aromatic N) is 1. The number of carbonyl (C=O) groups is 1. The maximum atomic E-state index is 12.8. The molecule has 0 radical (unpaired) electrons. The van der Waals surface area contributed by atoms with Gasteiger partial charge in [0.1, 0.15) is 0 Å². The Bertz CT molecular complexity index is 1100. The number of aromatic nitrogens is 2. The van der Waals surface area contributed by atoms with Crippen LogP contribution < -0.4 is 15.1 Å². The lowest BCUT2D eigenvalue weighted by Gasteiger charge is -2.22. The molecule has 0 saturated carbocycles. The minimum Gasteiger partial charge on any atom is -0.545 e. The number of hydrogen-bond acceptors (Lipinski definition) is 5. The summed E-state index contributed by atoms with van der Waals surface area (Å²) in [5, 5.41) is 11.2. The van der Waals surface area contributed by atoms with E-state index in [1.165, 1.54) is 49.5 Å². The van der Waals surface area contributed by atoms with E-state index in [1.54, 1.807) is 0 Å². The Kier molecular flexibility index (Phi) is 3.64. The molecule has 0 fully saturated rings. The standard InChI is InChI=1S/C15H13N3O5S/c1-18(13-5-3-2-4-10(13)14(19)20)24(22,23)9-6-7-11-12(8-9)17-15(21)16-11/h2-8H,1H3,(H,19,20)(H2,16,17,21)/p-1. The van der Waals surface area contributed by atoms with Crippen molar-refractivity contribution in [1.29, 1.82) is 0 Å². The van der Waals surface area contributed by atoms with Gasteiger partial charge in [-0.15, -0.1) is 0 Å². The van der Waals surface area contributed by atoms with Crippen molar-refractivity contribution in [2.45, 2.75) is 4.90 Å². The molecule has 9 heteroatoms. The molecule has 0 aliphatic carbocycles. The molecular formula is C15H12N3O5S-. The summed E-state index contributed by atoms with van der Waals surface area (Å²) in [6.45, 7) is 0. The van der Waals surface area contributed by atoms with E-state index in [-0.39, 0.29) is 16.1 Å². The lowest BCUT2D eigenvalue weighted by Crippen LogP contribution is -2.31. The van der Waals surface area contributed by atoms with E-state index >= 15 is 0 Å². The number of nitrogens with one attached hydrogen (secondary N) is 2. The molecule has 1 aromatic heterocycles. The number of aromatic amines is 2. The summed E-state index contributed by atoms with van der Waals surface area (Å²) in [5.74, 6) is -1.47. The summed E-state index contributed by atoms with van der Waals surface area (Å²) in [6.07, 6.45) is 0. The summed E-state index contributed by atoms with van der Waals surface area (Å²) in [6, 6.07) is 9.74. The summed E-state index contributed by atoms with van der Waals surface area (Å²) < 4.78 is 26.4. The smallest absolute Gasteiger partial charge is 0.323 e. The van der Waals surface area contributed by atoms with Crippen molar-refractivity contribution >= 4 is 32.7 Å². The molecule has 8 nitrogen and oxygen atoms in total. The van der Waals surface area contributed by atoms with Crippen LogP contribution >= 0.6 is 0 Å². The van der Waals surface area contributed by atoms with Gasteiger partial charge in [0, 0.05) is 12.6 Å². The van der Waals surface area contributed by atoms with E-state index in [0.29, 0.717) is 11.0 Å². The first kappa shape index (κ1) is 15.8. The van der Waals surface area contributed by atoms with E-state index in [1.807, 2.05) is 0 Å². The second-order valence-corrected chi connectivity index (χ2v) is 7.03. The Morgan fingerprint density at radius 3 is 2.46 bits per heavy atom. The van der Waals surface area contributed by atoms with Crippen LogP contribution in [0, 0.1) is 0 Å². The lowest BCUT2D eigenvalue weighted by atomic mass is 10.2. The maximum Gasteiger partial charge on any atom is 0.323 e. The number of imidazole rings is 1. The van der Waals surface area contributed by atoms with Crippen LogP contribution in [0.15, 0.2) is 52.2 Å². The van der Waals surface area contributed by atoms with Gasteiger partial charge in [-0.1, -0.05) is 18.2 Å². The molecule has 124 valence electrons. The van der Waals surface area contributed by atoms with Gasteiger partial charge in [0.15, 0.2) is 0 Å². The molecule has 24 heavy (non-hydrogen) atoms. The molecule has 0 spiro atoms. The molecule has 0 unspecified atom stereocenters. The van der Waals surface area contributed by atoms with E-state index in [9.17, 15) is 23.1 Å². The number of rotatable bonds is 4. The van der Waals surface area contributed by atoms with Crippen molar-refractivity contribution in [1.82, 2.24) is 9.97 Å². The fourth-order valence-electron chi connectivity index (χ4n) is 2.38. The van der Waals surface area contributed by atoms with Crippen LogP contribution in [0.5, 0.6) is 0 Å². The third kappa shape index (κ3) is 2.54. The summed E-state index contributed by atoms with van der Waals surface area (Å²) >= 11 is 0. The lowest BCUT2D eigenvalue weighted by molar-refractivity contribution is -0.254. The van der Waals surface area contributed by atoms with Gasteiger partial charge < -0.3 is 19.9 Å². The van der Waals surface area contributed by atoms with Crippen molar-refractivity contribution in [3.63, 3.8) is 0 Å². The fourth-order valence-corrected chi connectivity index (χ4v) is 3.62. The monoisotopic (exact) mass is 346 g/mol. The maximum absolute atomic E-state index is 12.8. The summed E-state index contributed by atoms with van der Waals surface area (Å²) in [7, 11) is -2.77. The van der Waals surface area contributed by atoms with Crippen molar-refractivity contribution in [3.05, 3.63) is 58.5 Å². The number of carboxylic acids is 1. The van der Waals surface area contributed by atoms with Gasteiger partial charge in [0.2, 0.25) is 0 Å². The van der Waals surface area contributed by atoms with Crippen LogP contribution in [0.25, 0.3) is 11.0 Å². The minimum atomic E-state index is -4.02. The molecule has 0 saturated heterocycles. The number of benzene rings is 2. The number of para-hydroxylation sites is 1. The molecule has 3 rings (SSSR count). The third-order valence-electron chi connectivity index (χ3n) is 3.61. The predicted octanol–water partition coefficient (Wildman–Crippen LogP) is 0.0448. The number of sulfonamides is 1. The average molecular weight is 346 g/mol. The highest BCUT2D eigenvalue weighted by Crippen LogP contribution is 2.26. The third-order valence-corrected chi connectivity index (χ3v) is 5.38. The molecule has 2 aromatic carbocycles. The molecular weight excluding hydrogens is 334 g/mol. The topological polar surface area (TPSA) is 126 Å². The van der Waals surface area contributed by atoms with Gasteiger partial charge in [-0.05, 0) is 24.3 Å². The molecule has 0 amide bonds. The molecule has 3 aromatic rings. The first-order chi connectivity index (χ1) is 11.3. The highest BCUT2D eigenvalue weighted by atomic mass is 32.2. The first-order valence-electron chi connectivity index (χ1n) is 6.82. The molecule has 1 heterocycles. The molecule has 0 atom stereocenters. The quantitative estimate of drug-likeness (QED) is 0.690. The van der Waals surface area contributed by atoms with Gasteiger partial charge in [-0.3, -0.25) is 4.31 Å². The van der Waals surface area contributed by atoms with E-state index in [2.05, 4.69) is 9.97 Å². The van der Waals surface area contributed by atoms with Crippen molar-refractivity contribution in [3.8, 4) is 0 Å². The Morgan fingerprint density at radius 2 is 1.75 bits per heavy atom. The second kappa shape index (κ2) is 5.53. The first-order valence-corrected chi connectivity index (χ1v) is 8.26. The second-order valence-electron chi connectivity index (χ2n) is 5.06. The number of aromatic carboxylic acids is 1. The van der Waals surface area contributed by atoms with Crippen LogP contribution in [0.3, 0.4) is 0 Å². The van der Waals surface area contributed by atoms with Crippen LogP contribution in [0.4, 0.5) is 5.69 Å². The number of anilines is 1. The van der Waals surface area contributed by atoms with Gasteiger partial charge in [-0.2, -0.15) is 0 Å². The van der Waals surface area contributed by atoms with Gasteiger partial charge in [0.25, 0.3) is 10.0 Å². The SMILES string of the molecule is CN(c1ccccc1C(=O)[O-])S(=O)(=O)c1ccc2[nH]c(=O)[nH]c2c1. The minimum absolute atomic E-state index is 0.0137. The van der Waals surface area contributed by atoms with Gasteiger partial charge >= 0.3 is 5.69 Å². The predicted molar refractivity (Wildman–Crippen MR) is 85.3 cm³/mol. The number of hydrogen-bond donors (Lipinski definition) is 2. The number of H-pyrrole nitrogens is 2. The molecule has 0 aliphatic rings. The normalized spacial score (nSPS) is 11.5. The largest absolute Gasteiger partial charge is 0.545 e.